The number of nitrogens with one attached hydrogen (secondary N) is 8. The molecule has 0 aliphatic rings. The van der Waals surface area contributed by atoms with Crippen molar-refractivity contribution >= 4 is 17.7 Å². The summed E-state index contributed by atoms with van der Waals surface area (Å²) in [5, 5.41) is 43.2. The Kier molecular flexibility index (Phi) is 79.2. The van der Waals surface area contributed by atoms with E-state index in [1.54, 1.807) is 6.92 Å². The highest BCUT2D eigenvalue weighted by atomic mass is 32.2. The third-order valence-electron chi connectivity index (χ3n) is 16.4. The molecule has 1 aromatic heterocycles. The van der Waals surface area contributed by atoms with Gasteiger partial charge in [-0.15, -0.1) is 0 Å². The Hall–Kier alpha value is -4.17. The molecule has 7 atom stereocenters. The summed E-state index contributed by atoms with van der Waals surface area (Å²) < 4.78 is 0. The average Bonchev–Trinajstić information content (AvgIpc) is 0.887. The smallest absolute Gasteiger partial charge is 0.216 e. The molecule has 4 aromatic rings. The second-order valence-corrected chi connectivity index (χ2v) is 32.5. The number of aliphatic hydroxyl groups is 2. The van der Waals surface area contributed by atoms with Gasteiger partial charge in [0.25, 0.3) is 0 Å². The van der Waals surface area contributed by atoms with E-state index < -0.39 is 6.10 Å². The molecule has 0 radical (unpaired) electrons. The van der Waals surface area contributed by atoms with E-state index in [1.165, 1.54) is 34.9 Å². The van der Waals surface area contributed by atoms with Crippen molar-refractivity contribution in [3.63, 3.8) is 0 Å². The number of aliphatic hydroxyl groups excluding tert-OH is 2. The zero-order valence-electron chi connectivity index (χ0n) is 75.0. The van der Waals surface area contributed by atoms with Crippen LogP contribution in [0.25, 0.3) is 0 Å². The minimum Gasteiger partial charge on any atom is -0.395 e. The molecule has 644 valence electrons. The standard InChI is InChI=1S/C14H24N2.C13H22N2.C12H21N3.C12H20N2.C8H20N2S.C7H19N3.C7H16N2O.C7H18N2O.C6H16N2O/c1-13(2)16(11-10-15(3)4)12-14-8-6-5-7-9-14;1-11(2)14-10-13(15(3)4)12-8-6-5-7-9-12;1-10(2)14-9-12(15(3)4)11-6-5-7-13-8-11;1-10(2)14-9-12(13)8-11-6-4-3-5-7-11;1-7(2)10-6-8(9)4-5-11-3;1-7(2)10(5-3-8)6-4-9;1-6(2)8-4-5-9-7(3)10;1-5(2)9-4-7(8)6(3)10;1-5(2)8-3-6(7)4-9/h5-9,13H,10-12H2,1-4H3;5-9,11,13-14H,10H2,1-4H3;5-8,10,12,14H,9H2,1-4H3;3-7,10,12,14H,8-9,13H2,1-2H3;7-8,10H,4-6,9H2,1-3H3;7H,3-6,8-9H2,1-2H3;6,8H,4-5H2,1-3H3,(H,9,10);5-7,9-10H,4,8H2,1-3H3;5-6,8-9H,3-4,7H2,1-2H3. The molecule has 110 heavy (non-hydrogen) atoms. The molecule has 0 saturated heterocycles. The molecule has 0 aliphatic carbocycles. The monoisotopic (exact) mass is 1570 g/mol. The van der Waals surface area contributed by atoms with Crippen LogP contribution in [-0.4, -0.2) is 283 Å². The Morgan fingerprint density at radius 3 is 1.22 bits per heavy atom. The molecule has 1 amide bonds. The van der Waals surface area contributed by atoms with Crippen LogP contribution in [0.4, 0.5) is 0 Å². The maximum absolute atomic E-state index is 10.3. The van der Waals surface area contributed by atoms with Gasteiger partial charge in [0.15, 0.2) is 0 Å². The number of thioether (sulfide) groups is 1. The molecule has 1 heterocycles. The number of amides is 1. The second kappa shape index (κ2) is 76.1. The van der Waals surface area contributed by atoms with Crippen molar-refractivity contribution in [1.29, 1.82) is 0 Å². The Morgan fingerprint density at radius 1 is 0.464 bits per heavy atom. The highest BCUT2D eigenvalue weighted by molar-refractivity contribution is 7.98. The summed E-state index contributed by atoms with van der Waals surface area (Å²) in [4.78, 5) is 26.0. The van der Waals surface area contributed by atoms with Crippen LogP contribution >= 0.6 is 11.8 Å². The van der Waals surface area contributed by atoms with E-state index >= 15 is 0 Å². The van der Waals surface area contributed by atoms with Gasteiger partial charge in [-0.1, -0.05) is 194 Å². The van der Waals surface area contributed by atoms with Crippen LogP contribution in [0.2, 0.25) is 0 Å². The lowest BCUT2D eigenvalue weighted by molar-refractivity contribution is -0.118. The zero-order chi connectivity index (χ0) is 85.0. The van der Waals surface area contributed by atoms with Crippen LogP contribution in [0.5, 0.6) is 0 Å². The fourth-order valence-electron chi connectivity index (χ4n) is 9.49. The number of carbonyl (C=O) groups excluding carboxylic acids is 1. The van der Waals surface area contributed by atoms with Crippen LogP contribution in [0.1, 0.15) is 179 Å². The van der Waals surface area contributed by atoms with Gasteiger partial charge in [0.2, 0.25) is 5.91 Å². The van der Waals surface area contributed by atoms with Gasteiger partial charge in [0, 0.05) is 208 Å². The predicted octanol–water partition coefficient (Wildman–Crippen LogP) is 7.78. The average molecular weight is 1570 g/mol. The first-order chi connectivity index (χ1) is 51.7. The molecule has 0 saturated carbocycles. The van der Waals surface area contributed by atoms with Crippen molar-refractivity contribution in [2.45, 2.75) is 255 Å². The van der Waals surface area contributed by atoms with E-state index in [-0.39, 0.29) is 30.6 Å². The van der Waals surface area contributed by atoms with Gasteiger partial charge in [-0.05, 0) is 130 Å². The van der Waals surface area contributed by atoms with Gasteiger partial charge < -0.3 is 102 Å². The maximum atomic E-state index is 10.3. The number of benzene rings is 3. The van der Waals surface area contributed by atoms with E-state index in [2.05, 4.69) is 322 Å². The van der Waals surface area contributed by atoms with Gasteiger partial charge in [-0.2, -0.15) is 11.8 Å². The Bertz CT molecular complexity index is 2450. The fourth-order valence-corrected chi connectivity index (χ4v) is 10.0. The van der Waals surface area contributed by atoms with Crippen molar-refractivity contribution in [3.8, 4) is 0 Å². The molecule has 23 nitrogen and oxygen atoms in total. The zero-order valence-corrected chi connectivity index (χ0v) is 75.8. The topological polar surface area (TPSA) is 339 Å². The fraction of sp³-hybridized carbons (Fsp3) is 0.721. The van der Waals surface area contributed by atoms with Crippen molar-refractivity contribution < 1.29 is 15.0 Å². The molecular weight excluding hydrogens is 1390 g/mol. The van der Waals surface area contributed by atoms with Crippen LogP contribution < -0.4 is 76.9 Å². The van der Waals surface area contributed by atoms with Crippen molar-refractivity contribution in [2.24, 2.45) is 34.4 Å². The summed E-state index contributed by atoms with van der Waals surface area (Å²) in [7, 11) is 12.7. The van der Waals surface area contributed by atoms with E-state index in [9.17, 15) is 4.79 Å². The summed E-state index contributed by atoms with van der Waals surface area (Å²) in [5.74, 6) is 1.20. The predicted molar refractivity (Wildman–Crippen MR) is 483 cm³/mol. The number of rotatable bonds is 44. The minimum atomic E-state index is -0.425. The number of carbonyl (C=O) groups is 1. The van der Waals surface area contributed by atoms with Crippen molar-refractivity contribution in [2.75, 3.05) is 153 Å². The molecule has 0 aliphatic heterocycles. The van der Waals surface area contributed by atoms with Gasteiger partial charge in [0.05, 0.1) is 12.7 Å². The Labute approximate surface area is 680 Å². The van der Waals surface area contributed by atoms with Gasteiger partial charge in [-0.25, -0.2) is 0 Å². The van der Waals surface area contributed by atoms with Gasteiger partial charge in [0.1, 0.15) is 0 Å². The van der Waals surface area contributed by atoms with E-state index in [0.29, 0.717) is 92.1 Å². The van der Waals surface area contributed by atoms with Crippen LogP contribution in [0, 0.1) is 0 Å². The first kappa shape index (κ1) is 114. The molecule has 0 spiro atoms. The third kappa shape index (κ3) is 79.1. The van der Waals surface area contributed by atoms with E-state index in [0.717, 1.165) is 91.4 Å². The van der Waals surface area contributed by atoms with Crippen molar-refractivity contribution in [1.82, 2.24) is 72.0 Å². The number of likely N-dealkylation sites (N-methyl/N-ethyl adjacent to an activating group) is 3. The number of hydrogen-bond donors (Lipinski definition) is 16. The largest absolute Gasteiger partial charge is 0.395 e. The summed E-state index contributed by atoms with van der Waals surface area (Å²) in [6.07, 6.45) is 7.49. The van der Waals surface area contributed by atoms with Crippen molar-refractivity contribution in [3.05, 3.63) is 138 Å². The maximum Gasteiger partial charge on any atom is 0.216 e. The van der Waals surface area contributed by atoms with Crippen LogP contribution in [0.15, 0.2) is 116 Å². The number of nitrogens with zero attached hydrogens (tertiary/aromatic N) is 6. The van der Waals surface area contributed by atoms with Gasteiger partial charge >= 0.3 is 0 Å². The summed E-state index contributed by atoms with van der Waals surface area (Å²) in [5.41, 5.74) is 39.0. The summed E-state index contributed by atoms with van der Waals surface area (Å²) in [6, 6.07) is 41.6. The lowest BCUT2D eigenvalue weighted by atomic mass is 10.1. The first-order valence-corrected chi connectivity index (χ1v) is 42.2. The van der Waals surface area contributed by atoms with E-state index in [4.69, 9.17) is 44.6 Å². The molecule has 24 heteroatoms. The molecule has 22 N–H and O–H groups in total. The second-order valence-electron chi connectivity index (χ2n) is 31.5. The lowest BCUT2D eigenvalue weighted by Crippen LogP contribution is -2.43. The minimum absolute atomic E-state index is 0.0329. The number of nitrogens with two attached hydrogens (primary N) is 6. The third-order valence-corrected chi connectivity index (χ3v) is 17.0. The number of aromatic nitrogens is 1. The quantitative estimate of drug-likeness (QED) is 0.0188. The highest BCUT2D eigenvalue weighted by Gasteiger charge is 2.16. The number of hydrogen-bond acceptors (Lipinski definition) is 23. The lowest BCUT2D eigenvalue weighted by Gasteiger charge is -2.27. The molecule has 0 bridgehead atoms. The SMILES string of the molecule is CC(=O)NCCNC(C)C.CC(C)N(CCN(C)C)Cc1ccccc1.CC(C)N(CCN)CCN.CC(C)NCC(N)C(C)O.CC(C)NCC(N)CO.CC(C)NCC(N)Cc1ccccc1.CC(C)NCC(c1ccccc1)N(C)C.CC(C)NCC(c1cccnc1)N(C)C.CSCCC(N)CNC(C)C. The molecule has 0 fully saturated rings. The Balaban J connectivity index is -0.000000379. The molecule has 3 aromatic carbocycles. The van der Waals surface area contributed by atoms with Gasteiger partial charge in [-0.3, -0.25) is 19.6 Å². The normalized spacial score (nSPS) is 13.1. The molecule has 7 unspecified atom stereocenters. The summed E-state index contributed by atoms with van der Waals surface area (Å²) >= 11 is 1.86. The van der Waals surface area contributed by atoms with Crippen LogP contribution in [0.3, 0.4) is 0 Å². The summed E-state index contributed by atoms with van der Waals surface area (Å²) in [6.45, 7) is 55.0. The van der Waals surface area contributed by atoms with Crippen LogP contribution in [-0.2, 0) is 17.8 Å². The molecular formula is C86H176N20O3S. The first-order valence-electron chi connectivity index (χ1n) is 40.8. The molecule has 4 rings (SSSR count). The van der Waals surface area contributed by atoms with E-state index in [1.807, 2.05) is 50.1 Å². The Morgan fingerprint density at radius 2 is 0.855 bits per heavy atom. The number of pyridine rings is 1. The highest BCUT2D eigenvalue weighted by Crippen LogP contribution is 2.18.